The molecule has 1 fully saturated rings. The van der Waals surface area contributed by atoms with Gasteiger partial charge in [-0.1, -0.05) is 0 Å². The molecule has 0 atom stereocenters. The number of nitriles is 1. The van der Waals surface area contributed by atoms with Gasteiger partial charge in [0.2, 0.25) is 0 Å². The molecule has 0 saturated carbocycles. The van der Waals surface area contributed by atoms with E-state index in [-0.39, 0.29) is 24.4 Å². The normalized spacial score (nSPS) is 15.0. The Morgan fingerprint density at radius 3 is 2.48 bits per heavy atom. The molecule has 0 bridgehead atoms. The van der Waals surface area contributed by atoms with E-state index >= 15 is 0 Å². The fourth-order valence-electron chi connectivity index (χ4n) is 2.82. The molecule has 1 aromatic rings. The smallest absolute Gasteiger partial charge is 0.410 e. The lowest BCUT2D eigenvalue weighted by Crippen LogP contribution is -2.44. The van der Waals surface area contributed by atoms with Crippen LogP contribution in [0.25, 0.3) is 0 Å². The minimum Gasteiger partial charge on any atom is -0.496 e. The lowest BCUT2D eigenvalue weighted by atomic mass is 10.1. The van der Waals surface area contributed by atoms with Gasteiger partial charge in [-0.2, -0.15) is 5.26 Å². The Balaban J connectivity index is 1.94. The summed E-state index contributed by atoms with van der Waals surface area (Å²) >= 11 is 0. The topological polar surface area (TPSA) is 88.9 Å². The number of amides is 1. The van der Waals surface area contributed by atoms with E-state index in [1.54, 1.807) is 23.1 Å². The maximum Gasteiger partial charge on any atom is 0.410 e. The molecule has 0 aliphatic carbocycles. The largest absolute Gasteiger partial charge is 0.496 e. The summed E-state index contributed by atoms with van der Waals surface area (Å²) < 4.78 is 16.6. The van der Waals surface area contributed by atoms with E-state index in [9.17, 15) is 9.59 Å². The zero-order valence-corrected chi connectivity index (χ0v) is 16.3. The summed E-state index contributed by atoms with van der Waals surface area (Å²) in [7, 11) is 1.47. The predicted octanol–water partition coefficient (Wildman–Crippen LogP) is 3.57. The third-order valence-electron chi connectivity index (χ3n) is 4.11. The number of hydrogen-bond acceptors (Lipinski definition) is 6. The van der Waals surface area contributed by atoms with E-state index in [0.29, 0.717) is 43.0 Å². The summed E-state index contributed by atoms with van der Waals surface area (Å²) in [6.07, 6.45) is 0.851. The van der Waals surface area contributed by atoms with Gasteiger partial charge in [0.15, 0.2) is 5.78 Å². The Labute approximate surface area is 159 Å². The average molecular weight is 374 g/mol. The quantitative estimate of drug-likeness (QED) is 0.732. The monoisotopic (exact) mass is 374 g/mol. The highest BCUT2D eigenvalue weighted by atomic mass is 16.6. The first kappa shape index (κ1) is 20.6. The second kappa shape index (κ2) is 8.76. The Morgan fingerprint density at radius 2 is 1.93 bits per heavy atom. The Bertz CT molecular complexity index is 725. The number of ether oxygens (including phenoxy) is 3. The zero-order valence-electron chi connectivity index (χ0n) is 16.3. The van der Waals surface area contributed by atoms with E-state index in [0.717, 1.165) is 0 Å². The molecule has 2 rings (SSSR count). The third-order valence-corrected chi connectivity index (χ3v) is 4.11. The van der Waals surface area contributed by atoms with Crippen LogP contribution in [0.1, 0.15) is 50.4 Å². The van der Waals surface area contributed by atoms with Crippen molar-refractivity contribution in [1.29, 1.82) is 5.26 Å². The highest BCUT2D eigenvalue weighted by Crippen LogP contribution is 2.28. The number of nitrogens with zero attached hydrogens (tertiary/aromatic N) is 2. The lowest BCUT2D eigenvalue weighted by Gasteiger charge is -2.33. The number of methoxy groups -OCH3 is 1. The van der Waals surface area contributed by atoms with Crippen molar-refractivity contribution in [3.05, 3.63) is 23.8 Å². The predicted molar refractivity (Wildman–Crippen MR) is 99.0 cm³/mol. The third kappa shape index (κ3) is 5.88. The van der Waals surface area contributed by atoms with Gasteiger partial charge in [0.25, 0.3) is 0 Å². The van der Waals surface area contributed by atoms with Gasteiger partial charge in [-0.15, -0.1) is 0 Å². The van der Waals surface area contributed by atoms with Gasteiger partial charge in [0.1, 0.15) is 23.2 Å². The van der Waals surface area contributed by atoms with Crippen molar-refractivity contribution in [3.8, 4) is 17.6 Å². The van der Waals surface area contributed by atoms with Crippen molar-refractivity contribution >= 4 is 11.9 Å². The molecule has 7 nitrogen and oxygen atoms in total. The molecule has 0 spiro atoms. The number of hydrogen-bond donors (Lipinski definition) is 0. The Hall–Kier alpha value is -2.75. The summed E-state index contributed by atoms with van der Waals surface area (Å²) in [6.45, 7) is 6.67. The number of benzene rings is 1. The molecular formula is C20H26N2O5. The van der Waals surface area contributed by atoms with E-state index in [2.05, 4.69) is 0 Å². The minimum absolute atomic E-state index is 0.0333. The lowest BCUT2D eigenvalue weighted by molar-refractivity contribution is 0.0126. The van der Waals surface area contributed by atoms with Crippen LogP contribution >= 0.6 is 0 Å². The maximum absolute atomic E-state index is 12.1. The molecule has 0 aromatic heterocycles. The fraction of sp³-hybridized carbons (Fsp3) is 0.550. The number of Topliss-reactive ketones (excluding diaryl/α,β-unsaturated/α-hetero) is 1. The van der Waals surface area contributed by atoms with Crippen LogP contribution in [0, 0.1) is 11.3 Å². The van der Waals surface area contributed by atoms with E-state index in [1.807, 2.05) is 26.8 Å². The number of carbonyl (C=O) groups is 2. The molecule has 0 radical (unpaired) electrons. The first-order chi connectivity index (χ1) is 12.7. The zero-order chi connectivity index (χ0) is 20.0. The molecule has 1 amide bonds. The average Bonchev–Trinajstić information content (AvgIpc) is 2.61. The van der Waals surface area contributed by atoms with Crippen molar-refractivity contribution in [2.45, 2.75) is 51.7 Å². The van der Waals surface area contributed by atoms with Crippen LogP contribution in [-0.4, -0.2) is 48.7 Å². The van der Waals surface area contributed by atoms with Crippen molar-refractivity contribution in [2.24, 2.45) is 0 Å². The van der Waals surface area contributed by atoms with Crippen LogP contribution < -0.4 is 9.47 Å². The van der Waals surface area contributed by atoms with Crippen LogP contribution in [0.4, 0.5) is 4.79 Å². The molecular weight excluding hydrogens is 348 g/mol. The van der Waals surface area contributed by atoms with Crippen molar-refractivity contribution in [1.82, 2.24) is 4.90 Å². The molecule has 0 unspecified atom stereocenters. The van der Waals surface area contributed by atoms with Crippen LogP contribution in [0.3, 0.4) is 0 Å². The number of carbonyl (C=O) groups excluding carboxylic acids is 2. The second-order valence-electron chi connectivity index (χ2n) is 7.40. The second-order valence-corrected chi connectivity index (χ2v) is 7.40. The summed E-state index contributed by atoms with van der Waals surface area (Å²) in [6, 6.07) is 6.82. The van der Waals surface area contributed by atoms with E-state index in [4.69, 9.17) is 19.5 Å². The van der Waals surface area contributed by atoms with Gasteiger partial charge in [0.05, 0.1) is 25.2 Å². The maximum atomic E-state index is 12.1. The summed E-state index contributed by atoms with van der Waals surface area (Å²) in [4.78, 5) is 25.7. The molecule has 1 heterocycles. The van der Waals surface area contributed by atoms with Gasteiger partial charge in [0, 0.05) is 32.0 Å². The van der Waals surface area contributed by atoms with Gasteiger partial charge in [-0.3, -0.25) is 4.79 Å². The molecule has 146 valence electrons. The highest BCUT2D eigenvalue weighted by Gasteiger charge is 2.27. The van der Waals surface area contributed by atoms with E-state index in [1.165, 1.54) is 7.11 Å². The van der Waals surface area contributed by atoms with Crippen LogP contribution in [0.5, 0.6) is 11.5 Å². The van der Waals surface area contributed by atoms with Gasteiger partial charge in [-0.05, 0) is 32.9 Å². The van der Waals surface area contributed by atoms with Crippen LogP contribution in [-0.2, 0) is 4.74 Å². The molecule has 1 aromatic carbocycles. The Morgan fingerprint density at radius 1 is 1.26 bits per heavy atom. The summed E-state index contributed by atoms with van der Waals surface area (Å²) in [5.41, 5.74) is -0.141. The minimum atomic E-state index is -0.508. The standard InChI is InChI=1S/C20H26N2O5/c1-20(2,3)27-19(24)22-11-8-14(9-12-22)26-15-5-6-16(17(23)7-10-21)18(13-15)25-4/h5-6,13-14H,7-9,11-12H2,1-4H3. The van der Waals surface area contributed by atoms with E-state index < -0.39 is 5.60 Å². The molecule has 0 N–H and O–H groups in total. The SMILES string of the molecule is COc1cc(OC2CCN(C(=O)OC(C)(C)C)CC2)ccc1C(=O)CC#N. The number of piperidine rings is 1. The van der Waals surface area contributed by atoms with Crippen LogP contribution in [0.15, 0.2) is 18.2 Å². The summed E-state index contributed by atoms with van der Waals surface area (Å²) in [5.74, 6) is 0.696. The molecule has 1 saturated heterocycles. The first-order valence-electron chi connectivity index (χ1n) is 8.96. The fourth-order valence-corrected chi connectivity index (χ4v) is 2.82. The van der Waals surface area contributed by atoms with Crippen molar-refractivity contribution < 1.29 is 23.8 Å². The van der Waals surface area contributed by atoms with Crippen LogP contribution in [0.2, 0.25) is 0 Å². The molecule has 1 aliphatic heterocycles. The number of rotatable bonds is 5. The highest BCUT2D eigenvalue weighted by molar-refractivity contribution is 6.00. The number of likely N-dealkylation sites (tertiary alicyclic amines) is 1. The van der Waals surface area contributed by atoms with Crippen molar-refractivity contribution in [3.63, 3.8) is 0 Å². The van der Waals surface area contributed by atoms with Gasteiger partial charge < -0.3 is 19.1 Å². The van der Waals surface area contributed by atoms with Crippen molar-refractivity contribution in [2.75, 3.05) is 20.2 Å². The van der Waals surface area contributed by atoms with Gasteiger partial charge >= 0.3 is 6.09 Å². The summed E-state index contributed by atoms with van der Waals surface area (Å²) in [5, 5.41) is 8.68. The number of ketones is 1. The first-order valence-corrected chi connectivity index (χ1v) is 8.96. The molecule has 1 aliphatic rings. The Kier molecular flexibility index (Phi) is 6.67. The van der Waals surface area contributed by atoms with Gasteiger partial charge in [-0.25, -0.2) is 4.79 Å². The molecule has 7 heteroatoms. The molecule has 27 heavy (non-hydrogen) atoms.